The van der Waals surface area contributed by atoms with Crippen LogP contribution in [0.3, 0.4) is 0 Å². The van der Waals surface area contributed by atoms with Crippen LogP contribution in [0, 0.1) is 0 Å². The Morgan fingerprint density at radius 3 is 2.80 bits per heavy atom. The maximum absolute atomic E-state index is 13.9. The minimum atomic E-state index is -4.49. The Morgan fingerprint density at radius 1 is 1.20 bits per heavy atom. The van der Waals surface area contributed by atoms with Crippen LogP contribution in [0.15, 0.2) is 42.6 Å². The predicted molar refractivity (Wildman–Crippen MR) is 104 cm³/mol. The molecule has 3 aromatic rings. The molecule has 5 nitrogen and oxygen atoms in total. The van der Waals surface area contributed by atoms with Gasteiger partial charge in [0, 0.05) is 35.9 Å². The molecular weight excluding hydrogens is 400 g/mol. The predicted octanol–water partition coefficient (Wildman–Crippen LogP) is 4.54. The molecule has 1 saturated heterocycles. The van der Waals surface area contributed by atoms with Crippen LogP contribution in [0.4, 0.5) is 23.2 Å². The maximum atomic E-state index is 13.9. The lowest BCUT2D eigenvalue weighted by Crippen LogP contribution is -2.47. The fourth-order valence-corrected chi connectivity index (χ4v) is 4.35. The van der Waals surface area contributed by atoms with E-state index in [1.54, 1.807) is 6.07 Å². The van der Waals surface area contributed by atoms with Crippen molar-refractivity contribution in [2.24, 2.45) is 0 Å². The molecule has 2 aliphatic rings. The molecule has 0 radical (unpaired) electrons. The van der Waals surface area contributed by atoms with Crippen LogP contribution in [0.5, 0.6) is 5.75 Å². The third kappa shape index (κ3) is 3.36. The number of hydrogen-bond donors (Lipinski definition) is 2. The van der Waals surface area contributed by atoms with Crippen LogP contribution < -0.4 is 10.1 Å². The summed E-state index contributed by atoms with van der Waals surface area (Å²) in [5.74, 6) is 0.720. The Bertz CT molecular complexity index is 1070. The van der Waals surface area contributed by atoms with Gasteiger partial charge in [0.15, 0.2) is 0 Å². The number of anilines is 1. The minimum Gasteiger partial charge on any atom is -0.491 e. The summed E-state index contributed by atoms with van der Waals surface area (Å²) >= 11 is 0. The lowest BCUT2D eigenvalue weighted by molar-refractivity contribution is -0.140. The number of aromatic amines is 1. The molecule has 3 atom stereocenters. The first-order valence-electron chi connectivity index (χ1n) is 9.81. The number of ether oxygens (including phenoxy) is 1. The number of benzene rings is 1. The zero-order valence-corrected chi connectivity index (χ0v) is 15.9. The van der Waals surface area contributed by atoms with Crippen molar-refractivity contribution in [1.82, 2.24) is 14.9 Å². The molecule has 0 bridgehead atoms. The van der Waals surface area contributed by atoms with Crippen molar-refractivity contribution in [3.05, 3.63) is 53.9 Å². The van der Waals surface area contributed by atoms with Gasteiger partial charge in [0.1, 0.15) is 29.9 Å². The average Bonchev–Trinajstić information content (AvgIpc) is 3.35. The smallest absolute Gasteiger partial charge is 0.431 e. The average molecular weight is 420 g/mol. The quantitative estimate of drug-likeness (QED) is 0.611. The molecule has 2 N–H and O–H groups in total. The van der Waals surface area contributed by atoms with Crippen molar-refractivity contribution < 1.29 is 22.3 Å². The highest BCUT2D eigenvalue weighted by Crippen LogP contribution is 2.39. The van der Waals surface area contributed by atoms with Gasteiger partial charge in [-0.05, 0) is 24.6 Å². The Balaban J connectivity index is 1.54. The summed E-state index contributed by atoms with van der Waals surface area (Å²) in [4.78, 5) is 8.43. The molecule has 9 heteroatoms. The number of nitrogens with zero attached hydrogens (tertiary/aromatic N) is 2. The SMILES string of the molecule is F[C@H]1CCN([C@H]2COc3ccccc3[C@@H]2Nc2ccnc3[nH]c(C(F)(F)F)cc23)C1. The first-order chi connectivity index (χ1) is 14.4. The molecule has 4 heterocycles. The summed E-state index contributed by atoms with van der Waals surface area (Å²) in [5.41, 5.74) is 0.749. The third-order valence-electron chi connectivity index (χ3n) is 5.83. The van der Waals surface area contributed by atoms with E-state index in [1.165, 1.54) is 6.20 Å². The van der Waals surface area contributed by atoms with Crippen LogP contribution in [0.2, 0.25) is 0 Å². The van der Waals surface area contributed by atoms with E-state index in [4.69, 9.17) is 4.74 Å². The van der Waals surface area contributed by atoms with Gasteiger partial charge in [-0.1, -0.05) is 18.2 Å². The number of para-hydroxylation sites is 1. The van der Waals surface area contributed by atoms with E-state index < -0.39 is 18.0 Å². The van der Waals surface area contributed by atoms with Gasteiger partial charge in [0.05, 0.1) is 12.1 Å². The number of halogens is 4. The number of alkyl halides is 4. The Hall–Kier alpha value is -2.81. The highest BCUT2D eigenvalue weighted by atomic mass is 19.4. The highest BCUT2D eigenvalue weighted by Gasteiger charge is 2.39. The number of aromatic nitrogens is 2. The van der Waals surface area contributed by atoms with E-state index in [0.29, 0.717) is 37.2 Å². The summed E-state index contributed by atoms with van der Waals surface area (Å²) in [6, 6.07) is 9.87. The number of likely N-dealkylation sites (tertiary alicyclic amines) is 1. The Morgan fingerprint density at radius 2 is 2.03 bits per heavy atom. The molecule has 1 aromatic carbocycles. The van der Waals surface area contributed by atoms with Crippen molar-refractivity contribution in [2.75, 3.05) is 25.0 Å². The van der Waals surface area contributed by atoms with Crippen molar-refractivity contribution in [2.45, 2.75) is 30.9 Å². The molecule has 30 heavy (non-hydrogen) atoms. The van der Waals surface area contributed by atoms with E-state index >= 15 is 0 Å². The van der Waals surface area contributed by atoms with Crippen molar-refractivity contribution in [3.63, 3.8) is 0 Å². The fourth-order valence-electron chi connectivity index (χ4n) is 4.35. The van der Waals surface area contributed by atoms with Gasteiger partial charge in [-0.3, -0.25) is 4.90 Å². The number of pyridine rings is 1. The van der Waals surface area contributed by atoms with E-state index in [2.05, 4.69) is 20.2 Å². The summed E-state index contributed by atoms with van der Waals surface area (Å²) in [6.07, 6.45) is -3.43. The van der Waals surface area contributed by atoms with E-state index in [-0.39, 0.29) is 17.7 Å². The van der Waals surface area contributed by atoms with Gasteiger partial charge >= 0.3 is 6.18 Å². The molecular formula is C21H20F4N4O. The molecule has 0 unspecified atom stereocenters. The van der Waals surface area contributed by atoms with Crippen molar-refractivity contribution >= 4 is 16.7 Å². The largest absolute Gasteiger partial charge is 0.491 e. The number of nitrogens with one attached hydrogen (secondary N) is 2. The second-order valence-electron chi connectivity index (χ2n) is 7.72. The number of fused-ring (bicyclic) bond motifs is 2. The number of H-pyrrole nitrogens is 1. The Kier molecular flexibility index (Phi) is 4.57. The van der Waals surface area contributed by atoms with Gasteiger partial charge in [0.25, 0.3) is 0 Å². The van der Waals surface area contributed by atoms with Crippen LogP contribution in [-0.4, -0.2) is 46.8 Å². The van der Waals surface area contributed by atoms with E-state index in [9.17, 15) is 17.6 Å². The second-order valence-corrected chi connectivity index (χ2v) is 7.72. The van der Waals surface area contributed by atoms with Crippen LogP contribution >= 0.6 is 0 Å². The maximum Gasteiger partial charge on any atom is 0.431 e. The van der Waals surface area contributed by atoms with Gasteiger partial charge in [0.2, 0.25) is 0 Å². The van der Waals surface area contributed by atoms with Gasteiger partial charge in [-0.2, -0.15) is 13.2 Å². The molecule has 0 saturated carbocycles. The lowest BCUT2D eigenvalue weighted by Gasteiger charge is -2.39. The molecule has 0 spiro atoms. The second kappa shape index (κ2) is 7.16. The van der Waals surface area contributed by atoms with E-state index in [1.807, 2.05) is 24.3 Å². The number of rotatable bonds is 3. The zero-order chi connectivity index (χ0) is 20.9. The van der Waals surface area contributed by atoms with Gasteiger partial charge in [-0.15, -0.1) is 0 Å². The third-order valence-corrected chi connectivity index (χ3v) is 5.83. The molecule has 0 amide bonds. The minimum absolute atomic E-state index is 0.148. The Labute approximate surface area is 170 Å². The monoisotopic (exact) mass is 420 g/mol. The molecule has 1 fully saturated rings. The summed E-state index contributed by atoms with van der Waals surface area (Å²) in [7, 11) is 0. The fraction of sp³-hybridized carbons (Fsp3) is 0.381. The summed E-state index contributed by atoms with van der Waals surface area (Å²) in [5, 5.41) is 3.77. The lowest BCUT2D eigenvalue weighted by atomic mass is 9.94. The molecule has 2 aliphatic heterocycles. The summed E-state index contributed by atoms with van der Waals surface area (Å²) < 4.78 is 59.3. The molecule has 0 aliphatic carbocycles. The molecule has 5 rings (SSSR count). The van der Waals surface area contributed by atoms with Crippen LogP contribution in [0.25, 0.3) is 11.0 Å². The first-order valence-corrected chi connectivity index (χ1v) is 9.81. The normalized spacial score (nSPS) is 24.6. The highest BCUT2D eigenvalue weighted by molar-refractivity contribution is 5.90. The van der Waals surface area contributed by atoms with Crippen LogP contribution in [-0.2, 0) is 6.18 Å². The van der Waals surface area contributed by atoms with Gasteiger partial charge in [-0.25, -0.2) is 9.37 Å². The molecule has 158 valence electrons. The van der Waals surface area contributed by atoms with E-state index in [0.717, 1.165) is 17.4 Å². The van der Waals surface area contributed by atoms with Crippen LogP contribution in [0.1, 0.15) is 23.7 Å². The van der Waals surface area contributed by atoms with Gasteiger partial charge < -0.3 is 15.0 Å². The topological polar surface area (TPSA) is 53.2 Å². The summed E-state index contributed by atoms with van der Waals surface area (Å²) in [6.45, 7) is 1.31. The molecule has 2 aromatic heterocycles. The first kappa shape index (κ1) is 19.2. The standard InChI is InChI=1S/C21H20F4N4O/c22-12-6-8-29(10-12)16-11-30-17-4-2-1-3-13(17)19(16)27-15-5-7-26-20-14(15)9-18(28-20)21(23,24)25/h1-5,7,9,12,16,19H,6,8,10-11H2,(H2,26,27,28)/t12-,16-,19-/m0/s1. The zero-order valence-electron chi connectivity index (χ0n) is 15.9. The number of hydrogen-bond acceptors (Lipinski definition) is 4. The van der Waals surface area contributed by atoms with Crippen molar-refractivity contribution in [1.29, 1.82) is 0 Å². The van der Waals surface area contributed by atoms with Crippen molar-refractivity contribution in [3.8, 4) is 5.75 Å².